The second-order valence-corrected chi connectivity index (χ2v) is 1.97. The van der Waals surface area contributed by atoms with Gasteiger partial charge in [0.2, 0.25) is 5.12 Å². The van der Waals surface area contributed by atoms with Gasteiger partial charge in [0.1, 0.15) is 0 Å². The van der Waals surface area contributed by atoms with Crippen molar-refractivity contribution in [3.8, 4) is 0 Å². The van der Waals surface area contributed by atoms with E-state index >= 15 is 0 Å². The number of hydrogen-bond donors (Lipinski definition) is 2. The summed E-state index contributed by atoms with van der Waals surface area (Å²) in [6.07, 6.45) is 0. The van der Waals surface area contributed by atoms with E-state index in [1.807, 2.05) is 0 Å². The van der Waals surface area contributed by atoms with E-state index in [0.717, 1.165) is 0 Å². The minimum Gasteiger partial charge on any atom is -0.358 e. The molecule has 0 saturated heterocycles. The van der Waals surface area contributed by atoms with Crippen LogP contribution in [0.25, 0.3) is 0 Å². The number of thiol groups is 1. The molecule has 0 rings (SSSR count). The summed E-state index contributed by atoms with van der Waals surface area (Å²) in [5, 5.41) is 7.20. The zero-order valence-electron chi connectivity index (χ0n) is 3.80. The predicted octanol–water partition coefficient (Wildman–Crippen LogP) is 0.229. The van der Waals surface area contributed by atoms with Gasteiger partial charge < -0.3 is 9.84 Å². The molecule has 38 valence electrons. The van der Waals surface area contributed by atoms with E-state index < -0.39 is 5.12 Å². The number of methoxy groups -OCH3 is 1. The van der Waals surface area contributed by atoms with Gasteiger partial charge in [-0.3, -0.25) is 0 Å². The fourth-order valence-electron chi connectivity index (χ4n) is 0. The van der Waals surface area contributed by atoms with Crippen LogP contribution in [0.3, 0.4) is 0 Å². The van der Waals surface area contributed by atoms with E-state index in [1.165, 1.54) is 14.0 Å². The molecule has 2 nitrogen and oxygen atoms in total. The molecule has 3 heteroatoms. The molecule has 0 fully saturated rings. The molecule has 0 spiro atoms. The highest BCUT2D eigenvalue weighted by Gasteiger charge is 2.08. The molecule has 1 unspecified atom stereocenters. The van der Waals surface area contributed by atoms with Gasteiger partial charge in [-0.05, 0) is 6.92 Å². The second kappa shape index (κ2) is 1.82. The zero-order chi connectivity index (χ0) is 5.21. The number of rotatable bonds is 1. The molecule has 0 aliphatic heterocycles. The maximum Gasteiger partial charge on any atom is 0.209 e. The zero-order valence-corrected chi connectivity index (χ0v) is 4.70. The van der Waals surface area contributed by atoms with Crippen LogP contribution in [0.4, 0.5) is 0 Å². The van der Waals surface area contributed by atoms with E-state index in [4.69, 9.17) is 5.11 Å². The summed E-state index contributed by atoms with van der Waals surface area (Å²) in [7, 11) is 1.38. The van der Waals surface area contributed by atoms with Gasteiger partial charge in [-0.2, -0.15) is 0 Å². The third-order valence-electron chi connectivity index (χ3n) is 0.387. The average Bonchev–Trinajstić information content (AvgIpc) is 1.35. The Morgan fingerprint density at radius 2 is 2.00 bits per heavy atom. The van der Waals surface area contributed by atoms with Gasteiger partial charge in [-0.1, -0.05) is 0 Å². The van der Waals surface area contributed by atoms with Gasteiger partial charge in [0.15, 0.2) is 0 Å². The molecule has 1 N–H and O–H groups in total. The Hall–Kier alpha value is 0.270. The summed E-state index contributed by atoms with van der Waals surface area (Å²) >= 11 is 3.59. The van der Waals surface area contributed by atoms with Crippen molar-refractivity contribution in [1.82, 2.24) is 0 Å². The van der Waals surface area contributed by atoms with Crippen LogP contribution in [0.15, 0.2) is 0 Å². The first-order valence-electron chi connectivity index (χ1n) is 1.56. The van der Waals surface area contributed by atoms with Crippen molar-refractivity contribution in [2.24, 2.45) is 0 Å². The summed E-state index contributed by atoms with van der Waals surface area (Å²) in [5.41, 5.74) is 0. The molecular weight excluding hydrogens is 100 g/mol. The van der Waals surface area contributed by atoms with Crippen molar-refractivity contribution in [3.63, 3.8) is 0 Å². The van der Waals surface area contributed by atoms with Crippen LogP contribution in [0, 0.1) is 0 Å². The molecular formula is C3H8O2S. The Bertz CT molecular complexity index is 38.5. The fraction of sp³-hybridized carbons (Fsp3) is 1.00. The van der Waals surface area contributed by atoms with Crippen LogP contribution in [-0.4, -0.2) is 17.3 Å². The molecule has 0 radical (unpaired) electrons. The largest absolute Gasteiger partial charge is 0.358 e. The Labute approximate surface area is 42.5 Å². The molecule has 0 amide bonds. The molecule has 0 bridgehead atoms. The molecule has 0 aromatic carbocycles. The van der Waals surface area contributed by atoms with E-state index in [2.05, 4.69) is 17.4 Å². The lowest BCUT2D eigenvalue weighted by molar-refractivity contribution is -0.0898. The Kier molecular flexibility index (Phi) is 1.90. The molecule has 0 aromatic rings. The van der Waals surface area contributed by atoms with Crippen LogP contribution < -0.4 is 0 Å². The predicted molar refractivity (Wildman–Crippen MR) is 26.6 cm³/mol. The summed E-state index contributed by atoms with van der Waals surface area (Å²) < 4.78 is 4.36. The molecule has 1 atom stereocenters. The summed E-state index contributed by atoms with van der Waals surface area (Å²) in [6, 6.07) is 0. The van der Waals surface area contributed by atoms with Crippen LogP contribution in [0.5, 0.6) is 0 Å². The monoisotopic (exact) mass is 108 g/mol. The van der Waals surface area contributed by atoms with Crippen molar-refractivity contribution in [3.05, 3.63) is 0 Å². The Morgan fingerprint density at radius 1 is 1.83 bits per heavy atom. The first kappa shape index (κ1) is 6.27. The van der Waals surface area contributed by atoms with Gasteiger partial charge in [0, 0.05) is 7.11 Å². The van der Waals surface area contributed by atoms with Gasteiger partial charge in [-0.25, -0.2) is 0 Å². The van der Waals surface area contributed by atoms with Gasteiger partial charge in [-0.15, -0.1) is 12.6 Å². The van der Waals surface area contributed by atoms with Crippen LogP contribution >= 0.6 is 12.6 Å². The van der Waals surface area contributed by atoms with E-state index in [9.17, 15) is 0 Å². The van der Waals surface area contributed by atoms with E-state index in [-0.39, 0.29) is 0 Å². The highest BCUT2D eigenvalue weighted by molar-refractivity contribution is 7.81. The summed E-state index contributed by atoms with van der Waals surface area (Å²) in [4.78, 5) is 0. The van der Waals surface area contributed by atoms with Crippen molar-refractivity contribution in [2.45, 2.75) is 12.0 Å². The van der Waals surface area contributed by atoms with Crippen molar-refractivity contribution in [1.29, 1.82) is 0 Å². The van der Waals surface area contributed by atoms with Crippen molar-refractivity contribution < 1.29 is 9.84 Å². The first-order valence-corrected chi connectivity index (χ1v) is 2.01. The third-order valence-corrected chi connectivity index (χ3v) is 0.569. The Morgan fingerprint density at radius 3 is 2.00 bits per heavy atom. The molecule has 0 aromatic heterocycles. The average molecular weight is 108 g/mol. The van der Waals surface area contributed by atoms with Crippen molar-refractivity contribution >= 4 is 12.6 Å². The quantitative estimate of drug-likeness (QED) is 0.372. The first-order chi connectivity index (χ1) is 2.56. The SMILES string of the molecule is COC(C)(O)S. The van der Waals surface area contributed by atoms with Gasteiger partial charge >= 0.3 is 0 Å². The lowest BCUT2D eigenvalue weighted by Crippen LogP contribution is -2.16. The molecule has 6 heavy (non-hydrogen) atoms. The topological polar surface area (TPSA) is 29.5 Å². The smallest absolute Gasteiger partial charge is 0.209 e. The highest BCUT2D eigenvalue weighted by atomic mass is 32.1. The van der Waals surface area contributed by atoms with Gasteiger partial charge in [0.25, 0.3) is 0 Å². The summed E-state index contributed by atoms with van der Waals surface area (Å²) in [6.45, 7) is 1.44. The molecule has 0 aliphatic rings. The van der Waals surface area contributed by atoms with E-state index in [0.29, 0.717) is 0 Å². The fourth-order valence-corrected chi connectivity index (χ4v) is 0. The molecule has 0 aliphatic carbocycles. The standard InChI is InChI=1S/C3H8O2S/c1-3(4,6)5-2/h4,6H,1-2H3. The lowest BCUT2D eigenvalue weighted by atomic mass is 10.8. The summed E-state index contributed by atoms with van der Waals surface area (Å²) in [5.74, 6) is 0. The normalized spacial score (nSPS) is 20.0. The van der Waals surface area contributed by atoms with E-state index in [1.54, 1.807) is 0 Å². The Balaban J connectivity index is 3.17. The van der Waals surface area contributed by atoms with Crippen LogP contribution in [0.2, 0.25) is 0 Å². The highest BCUT2D eigenvalue weighted by Crippen LogP contribution is 2.06. The number of hydrogen-bond acceptors (Lipinski definition) is 3. The van der Waals surface area contributed by atoms with Crippen LogP contribution in [-0.2, 0) is 4.74 Å². The minimum absolute atomic E-state index is 1.26. The van der Waals surface area contributed by atoms with Crippen LogP contribution in [0.1, 0.15) is 6.92 Å². The van der Waals surface area contributed by atoms with Crippen molar-refractivity contribution in [2.75, 3.05) is 7.11 Å². The maximum absolute atomic E-state index is 8.47. The molecule has 0 heterocycles. The number of aliphatic hydroxyl groups is 1. The maximum atomic E-state index is 8.47. The second-order valence-electron chi connectivity index (χ2n) is 1.14. The third kappa shape index (κ3) is 4.27. The molecule has 0 saturated carbocycles. The lowest BCUT2D eigenvalue weighted by Gasteiger charge is -2.11. The van der Waals surface area contributed by atoms with Gasteiger partial charge in [0.05, 0.1) is 0 Å². The minimum atomic E-state index is -1.26. The number of ether oxygens (including phenoxy) is 1.